The molecule has 6 heteroatoms. The number of methoxy groups -OCH3 is 1. The minimum atomic E-state index is -0.417. The summed E-state index contributed by atoms with van der Waals surface area (Å²) in [6.45, 7) is 4.67. The van der Waals surface area contributed by atoms with Crippen LogP contribution in [0, 0.1) is 13.8 Å². The fraction of sp³-hybridized carbons (Fsp3) is 0.368. The molecule has 0 spiro atoms. The SMILES string of the molecule is COC(=O)c1c(C)[nH]c(C(=O)C[NH+](C)Cc2ccc(SC)cc2)c1C. The average Bonchev–Trinajstić information content (AvgIpc) is 2.89. The maximum absolute atomic E-state index is 12.6. The summed E-state index contributed by atoms with van der Waals surface area (Å²) in [5.41, 5.74) is 3.47. The summed E-state index contributed by atoms with van der Waals surface area (Å²) in [5, 5.41) is 0. The van der Waals surface area contributed by atoms with Crippen molar-refractivity contribution in [1.29, 1.82) is 0 Å². The number of quaternary nitrogens is 1. The average molecular weight is 361 g/mol. The van der Waals surface area contributed by atoms with Crippen molar-refractivity contribution >= 4 is 23.5 Å². The third-order valence-corrected chi connectivity index (χ3v) is 4.98. The lowest BCUT2D eigenvalue weighted by atomic mass is 10.1. The molecule has 5 nitrogen and oxygen atoms in total. The number of benzene rings is 1. The van der Waals surface area contributed by atoms with Gasteiger partial charge in [0.25, 0.3) is 0 Å². The fourth-order valence-corrected chi connectivity index (χ4v) is 3.36. The zero-order valence-corrected chi connectivity index (χ0v) is 16.2. The smallest absolute Gasteiger partial charge is 0.339 e. The van der Waals surface area contributed by atoms with Crippen LogP contribution in [0.5, 0.6) is 0 Å². The molecule has 134 valence electrons. The Morgan fingerprint density at radius 1 is 1.20 bits per heavy atom. The van der Waals surface area contributed by atoms with Gasteiger partial charge < -0.3 is 14.6 Å². The number of aromatic nitrogens is 1. The number of carbonyl (C=O) groups is 2. The molecule has 25 heavy (non-hydrogen) atoms. The second-order valence-corrected chi connectivity index (χ2v) is 7.08. The van der Waals surface area contributed by atoms with Gasteiger partial charge in [-0.2, -0.15) is 0 Å². The Kier molecular flexibility index (Phi) is 6.45. The summed E-state index contributed by atoms with van der Waals surface area (Å²) in [4.78, 5) is 29.8. The highest BCUT2D eigenvalue weighted by molar-refractivity contribution is 7.98. The lowest BCUT2D eigenvalue weighted by Gasteiger charge is -2.13. The van der Waals surface area contributed by atoms with E-state index in [1.54, 1.807) is 25.6 Å². The van der Waals surface area contributed by atoms with Crippen molar-refractivity contribution in [3.63, 3.8) is 0 Å². The second-order valence-electron chi connectivity index (χ2n) is 6.20. The molecule has 0 amide bonds. The molecule has 1 aromatic carbocycles. The molecule has 0 saturated heterocycles. The Balaban J connectivity index is 2.07. The van der Waals surface area contributed by atoms with E-state index in [9.17, 15) is 9.59 Å². The molecule has 0 radical (unpaired) electrons. The highest BCUT2D eigenvalue weighted by Gasteiger charge is 2.24. The molecule has 1 heterocycles. The Labute approximate surface area is 152 Å². The van der Waals surface area contributed by atoms with Crippen LogP contribution in [0.3, 0.4) is 0 Å². The van der Waals surface area contributed by atoms with E-state index in [1.807, 2.05) is 13.3 Å². The summed E-state index contributed by atoms with van der Waals surface area (Å²) in [5.74, 6) is -0.422. The number of Topliss-reactive ketones (excluding diaryl/α,β-unsaturated/α-hetero) is 1. The first kappa shape index (κ1) is 19.3. The van der Waals surface area contributed by atoms with E-state index in [-0.39, 0.29) is 5.78 Å². The number of hydrogen-bond donors (Lipinski definition) is 2. The van der Waals surface area contributed by atoms with E-state index in [0.717, 1.165) is 11.4 Å². The molecule has 2 N–H and O–H groups in total. The molecule has 1 atom stereocenters. The van der Waals surface area contributed by atoms with Gasteiger partial charge in [-0.25, -0.2) is 4.79 Å². The van der Waals surface area contributed by atoms with Crippen molar-refractivity contribution in [2.75, 3.05) is 27.0 Å². The number of aryl methyl sites for hydroxylation is 1. The number of hydrogen-bond acceptors (Lipinski definition) is 4. The van der Waals surface area contributed by atoms with Gasteiger partial charge in [-0.3, -0.25) is 4.79 Å². The minimum Gasteiger partial charge on any atom is -0.465 e. The quantitative estimate of drug-likeness (QED) is 0.450. The Morgan fingerprint density at radius 3 is 2.40 bits per heavy atom. The number of aromatic amines is 1. The topological polar surface area (TPSA) is 63.6 Å². The molecular weight excluding hydrogens is 336 g/mol. The molecule has 0 saturated carbocycles. The first-order valence-electron chi connectivity index (χ1n) is 8.12. The number of ether oxygens (including phenoxy) is 1. The third kappa shape index (κ3) is 4.52. The third-order valence-electron chi connectivity index (χ3n) is 4.23. The van der Waals surface area contributed by atoms with Crippen LogP contribution in [-0.2, 0) is 11.3 Å². The zero-order valence-electron chi connectivity index (χ0n) is 15.4. The summed E-state index contributed by atoms with van der Waals surface area (Å²) >= 11 is 1.71. The predicted molar refractivity (Wildman–Crippen MR) is 99.6 cm³/mol. The fourth-order valence-electron chi connectivity index (χ4n) is 2.95. The molecule has 1 aromatic heterocycles. The van der Waals surface area contributed by atoms with Crippen LogP contribution in [0.15, 0.2) is 29.2 Å². The van der Waals surface area contributed by atoms with E-state index in [4.69, 9.17) is 4.74 Å². The van der Waals surface area contributed by atoms with Crippen molar-refractivity contribution in [2.45, 2.75) is 25.3 Å². The molecular formula is C19H25N2O3S+. The molecule has 0 aliphatic carbocycles. The van der Waals surface area contributed by atoms with Gasteiger partial charge in [0.1, 0.15) is 13.1 Å². The van der Waals surface area contributed by atoms with E-state index in [2.05, 4.69) is 29.2 Å². The van der Waals surface area contributed by atoms with Gasteiger partial charge in [0.05, 0.1) is 25.4 Å². The lowest BCUT2D eigenvalue weighted by Crippen LogP contribution is -3.08. The van der Waals surface area contributed by atoms with Crippen LogP contribution in [0.4, 0.5) is 0 Å². The van der Waals surface area contributed by atoms with Crippen LogP contribution in [0.2, 0.25) is 0 Å². The van der Waals surface area contributed by atoms with Crippen molar-refractivity contribution < 1.29 is 19.2 Å². The van der Waals surface area contributed by atoms with Gasteiger partial charge in [0, 0.05) is 16.2 Å². The van der Waals surface area contributed by atoms with Crippen molar-refractivity contribution in [1.82, 2.24) is 4.98 Å². The summed E-state index contributed by atoms with van der Waals surface area (Å²) in [7, 11) is 3.34. The van der Waals surface area contributed by atoms with Crippen LogP contribution in [0.1, 0.15) is 37.7 Å². The van der Waals surface area contributed by atoms with E-state index >= 15 is 0 Å². The molecule has 1 unspecified atom stereocenters. The first-order chi connectivity index (χ1) is 11.9. The molecule has 0 fully saturated rings. The van der Waals surface area contributed by atoms with Gasteiger partial charge in [0.15, 0.2) is 0 Å². The van der Waals surface area contributed by atoms with Crippen LogP contribution in [0.25, 0.3) is 0 Å². The molecule has 2 rings (SSSR count). The Bertz CT molecular complexity index is 766. The number of thioether (sulfide) groups is 1. The summed E-state index contributed by atoms with van der Waals surface area (Å²) in [6, 6.07) is 8.38. The van der Waals surface area contributed by atoms with Crippen LogP contribution >= 0.6 is 11.8 Å². The standard InChI is InChI=1S/C19H24N2O3S/c1-12-17(19(23)24-4)13(2)20-18(12)16(22)11-21(3)10-14-6-8-15(25-5)9-7-14/h6-9,20H,10-11H2,1-5H3/p+1. The maximum Gasteiger partial charge on any atom is 0.339 e. The van der Waals surface area contributed by atoms with Gasteiger partial charge >= 0.3 is 5.97 Å². The van der Waals surface area contributed by atoms with Crippen molar-refractivity contribution in [3.05, 3.63) is 52.3 Å². The highest BCUT2D eigenvalue weighted by atomic mass is 32.2. The van der Waals surface area contributed by atoms with Crippen LogP contribution in [-0.4, -0.2) is 43.7 Å². The maximum atomic E-state index is 12.6. The van der Waals surface area contributed by atoms with Crippen LogP contribution < -0.4 is 4.90 Å². The van der Waals surface area contributed by atoms with Gasteiger partial charge in [-0.1, -0.05) is 12.1 Å². The molecule has 0 bridgehead atoms. The van der Waals surface area contributed by atoms with E-state index in [1.165, 1.54) is 17.6 Å². The molecule has 2 aromatic rings. The normalized spacial score (nSPS) is 12.0. The highest BCUT2D eigenvalue weighted by Crippen LogP contribution is 2.19. The van der Waals surface area contributed by atoms with Gasteiger partial charge in [-0.05, 0) is 37.8 Å². The van der Waals surface area contributed by atoms with Crippen molar-refractivity contribution in [3.8, 4) is 0 Å². The Hall–Kier alpha value is -2.05. The zero-order chi connectivity index (χ0) is 18.6. The number of esters is 1. The number of carbonyl (C=O) groups excluding carboxylic acids is 2. The monoisotopic (exact) mass is 361 g/mol. The van der Waals surface area contributed by atoms with Gasteiger partial charge in [-0.15, -0.1) is 11.8 Å². The minimum absolute atomic E-state index is 0.00557. The number of likely N-dealkylation sites (N-methyl/N-ethyl adjacent to an activating group) is 1. The van der Waals surface area contributed by atoms with Crippen molar-refractivity contribution in [2.24, 2.45) is 0 Å². The number of H-pyrrole nitrogens is 1. The number of ketones is 1. The van der Waals surface area contributed by atoms with Gasteiger partial charge in [0.2, 0.25) is 5.78 Å². The summed E-state index contributed by atoms with van der Waals surface area (Å²) < 4.78 is 4.79. The second kappa shape index (κ2) is 8.36. The summed E-state index contributed by atoms with van der Waals surface area (Å²) in [6.07, 6.45) is 2.05. The van der Waals surface area contributed by atoms with E-state index < -0.39 is 5.97 Å². The largest absolute Gasteiger partial charge is 0.465 e. The molecule has 0 aliphatic heterocycles. The lowest BCUT2D eigenvalue weighted by molar-refractivity contribution is -0.884. The molecule has 0 aliphatic rings. The predicted octanol–water partition coefficient (Wildman–Crippen LogP) is 2.04. The van der Waals surface area contributed by atoms with E-state index in [0.29, 0.717) is 29.1 Å². The number of nitrogens with one attached hydrogen (secondary N) is 2. The first-order valence-corrected chi connectivity index (χ1v) is 9.34. The Morgan fingerprint density at radius 2 is 1.84 bits per heavy atom. The number of rotatable bonds is 7.